The van der Waals surface area contributed by atoms with E-state index in [2.05, 4.69) is 16.0 Å². The molecule has 2 heterocycles. The molecule has 7 N–H and O–H groups in total. The molecule has 32 heavy (non-hydrogen) atoms. The Morgan fingerprint density at radius 2 is 1.84 bits per heavy atom. The second-order valence-electron chi connectivity index (χ2n) is 8.20. The van der Waals surface area contributed by atoms with Crippen LogP contribution in [0.5, 0.6) is 0 Å². The number of amides is 2. The summed E-state index contributed by atoms with van der Waals surface area (Å²) in [5, 5.41) is 50.2. The van der Waals surface area contributed by atoms with Gasteiger partial charge in [0.05, 0.1) is 6.04 Å². The maximum atomic E-state index is 12.2. The summed E-state index contributed by atoms with van der Waals surface area (Å²) in [6.45, 7) is 2.09. The zero-order valence-corrected chi connectivity index (χ0v) is 18.3. The van der Waals surface area contributed by atoms with E-state index < -0.39 is 37.0 Å². The van der Waals surface area contributed by atoms with Gasteiger partial charge in [-0.05, 0) is 49.1 Å². The molecule has 1 saturated heterocycles. The molecule has 9 nitrogen and oxygen atoms in total. The number of carbonyl (C=O) groups excluding carboxylic acids is 1. The number of aryl methyl sites for hydroxylation is 1. The van der Waals surface area contributed by atoms with Crippen LogP contribution in [0.15, 0.2) is 36.4 Å². The van der Waals surface area contributed by atoms with Gasteiger partial charge in [-0.3, -0.25) is 5.32 Å². The molecule has 2 amide bonds. The molecule has 2 aromatic rings. The van der Waals surface area contributed by atoms with Crippen LogP contribution in [0.1, 0.15) is 47.6 Å². The molecular weight excluding hydrogens is 436 g/mol. The first-order valence-electron chi connectivity index (χ1n) is 10.4. The Balaban J connectivity index is 1.41. The van der Waals surface area contributed by atoms with Gasteiger partial charge in [-0.15, -0.1) is 0 Å². The molecule has 0 radical (unpaired) electrons. The summed E-state index contributed by atoms with van der Waals surface area (Å²) in [4.78, 5) is 13.7. The van der Waals surface area contributed by atoms with Gasteiger partial charge in [-0.2, -0.15) is 0 Å². The van der Waals surface area contributed by atoms with Gasteiger partial charge in [0.1, 0.15) is 24.9 Å². The fraction of sp³-hybridized carbons (Fsp3) is 0.409. The predicted molar refractivity (Wildman–Crippen MR) is 118 cm³/mol. The standard InChI is InChI=1S/C22H27ClN4O5/c1-11-2-4-13(9-16(11)23)25-22(32)24-10-12-3-5-14-15(8-12)21(31)27(20(14)30)17-6-7-18(28)26-19(17)29/h2-5,8-9,17-21,26,28-31H,6-7,10H2,1H3,(H2,24,25,32). The van der Waals surface area contributed by atoms with E-state index in [4.69, 9.17) is 11.6 Å². The first kappa shape index (κ1) is 22.9. The maximum absolute atomic E-state index is 12.2. The second-order valence-corrected chi connectivity index (χ2v) is 8.61. The number of urea groups is 1. The van der Waals surface area contributed by atoms with Gasteiger partial charge >= 0.3 is 6.03 Å². The highest BCUT2D eigenvalue weighted by molar-refractivity contribution is 6.31. The summed E-state index contributed by atoms with van der Waals surface area (Å²) in [7, 11) is 0. The van der Waals surface area contributed by atoms with Crippen molar-refractivity contribution in [2.75, 3.05) is 5.32 Å². The van der Waals surface area contributed by atoms with E-state index in [-0.39, 0.29) is 6.54 Å². The first-order valence-corrected chi connectivity index (χ1v) is 10.8. The van der Waals surface area contributed by atoms with Crippen LogP contribution >= 0.6 is 11.6 Å². The molecule has 1 fully saturated rings. The molecular formula is C22H27ClN4O5. The average Bonchev–Trinajstić information content (AvgIpc) is 2.99. The van der Waals surface area contributed by atoms with Crippen molar-refractivity contribution < 1.29 is 25.2 Å². The SMILES string of the molecule is Cc1ccc(NC(=O)NCc2ccc3c(c2)C(O)N(C2CCC(O)NC2O)C3O)cc1Cl. The number of halogens is 1. The number of aliphatic hydroxyl groups is 4. The van der Waals surface area contributed by atoms with Crippen molar-refractivity contribution in [3.63, 3.8) is 0 Å². The van der Waals surface area contributed by atoms with Crippen LogP contribution in [0, 0.1) is 6.92 Å². The van der Waals surface area contributed by atoms with Gasteiger partial charge in [0.25, 0.3) is 0 Å². The van der Waals surface area contributed by atoms with Gasteiger partial charge in [0.15, 0.2) is 0 Å². The van der Waals surface area contributed by atoms with E-state index in [1.165, 1.54) is 4.90 Å². The molecule has 5 atom stereocenters. The van der Waals surface area contributed by atoms with E-state index in [1.54, 1.807) is 30.3 Å². The van der Waals surface area contributed by atoms with Crippen molar-refractivity contribution in [2.24, 2.45) is 0 Å². The number of nitrogens with zero attached hydrogens (tertiary/aromatic N) is 1. The van der Waals surface area contributed by atoms with Crippen molar-refractivity contribution >= 4 is 23.3 Å². The van der Waals surface area contributed by atoms with Gasteiger partial charge in [0.2, 0.25) is 0 Å². The third-order valence-corrected chi connectivity index (χ3v) is 6.41. The van der Waals surface area contributed by atoms with Crippen LogP contribution in [-0.2, 0) is 6.54 Å². The molecule has 5 unspecified atom stereocenters. The zero-order valence-electron chi connectivity index (χ0n) is 17.5. The highest BCUT2D eigenvalue weighted by Gasteiger charge is 2.44. The lowest BCUT2D eigenvalue weighted by Gasteiger charge is -2.40. The van der Waals surface area contributed by atoms with Crippen molar-refractivity contribution in [1.82, 2.24) is 15.5 Å². The number of anilines is 1. The molecule has 2 aromatic carbocycles. The molecule has 4 rings (SSSR count). The van der Waals surface area contributed by atoms with Gasteiger partial charge in [0, 0.05) is 28.4 Å². The fourth-order valence-electron chi connectivity index (χ4n) is 4.23. The van der Waals surface area contributed by atoms with Crippen LogP contribution in [0.3, 0.4) is 0 Å². The van der Waals surface area contributed by atoms with Crippen molar-refractivity contribution in [2.45, 2.75) is 57.3 Å². The quantitative estimate of drug-likeness (QED) is 0.367. The molecule has 0 spiro atoms. The normalized spacial score (nSPS) is 27.8. The molecule has 0 bridgehead atoms. The largest absolute Gasteiger partial charge is 0.379 e. The molecule has 172 valence electrons. The Bertz CT molecular complexity index is 1010. The van der Waals surface area contributed by atoms with Crippen LogP contribution in [0.25, 0.3) is 0 Å². The highest BCUT2D eigenvalue weighted by Crippen LogP contribution is 2.42. The van der Waals surface area contributed by atoms with E-state index >= 15 is 0 Å². The fourth-order valence-corrected chi connectivity index (χ4v) is 4.41. The second kappa shape index (κ2) is 9.32. The number of benzene rings is 2. The van der Waals surface area contributed by atoms with Crippen molar-refractivity contribution in [3.8, 4) is 0 Å². The molecule has 0 aromatic heterocycles. The summed E-state index contributed by atoms with van der Waals surface area (Å²) >= 11 is 6.08. The lowest BCUT2D eigenvalue weighted by atomic mass is 10.0. The molecule has 2 aliphatic rings. The zero-order chi connectivity index (χ0) is 23.0. The smallest absolute Gasteiger partial charge is 0.319 e. The maximum Gasteiger partial charge on any atom is 0.319 e. The third-order valence-electron chi connectivity index (χ3n) is 6.00. The van der Waals surface area contributed by atoms with Crippen LogP contribution in [0.2, 0.25) is 5.02 Å². The Morgan fingerprint density at radius 3 is 2.56 bits per heavy atom. The van der Waals surface area contributed by atoms with Crippen molar-refractivity contribution in [3.05, 3.63) is 63.7 Å². The molecule has 2 aliphatic heterocycles. The Hall–Kier alpha value is -2.24. The lowest BCUT2D eigenvalue weighted by molar-refractivity contribution is -0.159. The van der Waals surface area contributed by atoms with Crippen molar-refractivity contribution in [1.29, 1.82) is 0 Å². The van der Waals surface area contributed by atoms with Crippen LogP contribution < -0.4 is 16.0 Å². The van der Waals surface area contributed by atoms with Crippen LogP contribution in [0.4, 0.5) is 10.5 Å². The Labute approximate surface area is 190 Å². The van der Waals surface area contributed by atoms with Gasteiger partial charge in [-0.1, -0.05) is 29.8 Å². The number of aliphatic hydroxyl groups excluding tert-OH is 4. The minimum atomic E-state index is -1.12. The highest BCUT2D eigenvalue weighted by atomic mass is 35.5. The number of fused-ring (bicyclic) bond motifs is 1. The topological polar surface area (TPSA) is 137 Å². The number of hydrogen-bond acceptors (Lipinski definition) is 7. The minimum absolute atomic E-state index is 0.210. The minimum Gasteiger partial charge on any atom is -0.379 e. The lowest BCUT2D eigenvalue weighted by Crippen LogP contribution is -2.57. The average molecular weight is 463 g/mol. The Morgan fingerprint density at radius 1 is 1.09 bits per heavy atom. The summed E-state index contributed by atoms with van der Waals surface area (Å²) in [5.41, 5.74) is 3.29. The number of rotatable bonds is 4. The summed E-state index contributed by atoms with van der Waals surface area (Å²) in [6, 6.07) is 9.48. The number of nitrogens with one attached hydrogen (secondary N) is 3. The molecule has 0 aliphatic carbocycles. The third kappa shape index (κ3) is 4.60. The van der Waals surface area contributed by atoms with E-state index in [0.717, 1.165) is 11.1 Å². The number of carbonyl (C=O) groups is 1. The summed E-state index contributed by atoms with van der Waals surface area (Å²) in [5.74, 6) is 0. The first-order chi connectivity index (χ1) is 15.2. The Kier molecular flexibility index (Phi) is 6.68. The monoisotopic (exact) mass is 462 g/mol. The van der Waals surface area contributed by atoms with Crippen LogP contribution in [-0.4, -0.2) is 49.9 Å². The predicted octanol–water partition coefficient (Wildman–Crippen LogP) is 1.66. The molecule has 10 heteroatoms. The van der Waals surface area contributed by atoms with E-state index in [1.807, 2.05) is 13.0 Å². The van der Waals surface area contributed by atoms with E-state index in [0.29, 0.717) is 34.7 Å². The van der Waals surface area contributed by atoms with Gasteiger partial charge in [-0.25, -0.2) is 9.69 Å². The van der Waals surface area contributed by atoms with E-state index in [9.17, 15) is 25.2 Å². The summed E-state index contributed by atoms with van der Waals surface area (Å²) in [6.07, 6.45) is -3.31. The molecule has 0 saturated carbocycles. The number of piperidine rings is 1. The number of hydrogen-bond donors (Lipinski definition) is 7. The van der Waals surface area contributed by atoms with Gasteiger partial charge < -0.3 is 31.1 Å². The summed E-state index contributed by atoms with van der Waals surface area (Å²) < 4.78 is 0.